The summed E-state index contributed by atoms with van der Waals surface area (Å²) in [6.45, 7) is 1.65. The van der Waals surface area contributed by atoms with Gasteiger partial charge < -0.3 is 9.71 Å². The second kappa shape index (κ2) is 9.81. The van der Waals surface area contributed by atoms with E-state index in [0.717, 1.165) is 51.0 Å². The number of nitrogens with zero attached hydrogens (tertiary/aromatic N) is 1. The average molecular weight is 523 g/mol. The Hall–Kier alpha value is -3.60. The van der Waals surface area contributed by atoms with Gasteiger partial charge in [-0.05, 0) is 66.0 Å². The van der Waals surface area contributed by atoms with Gasteiger partial charge in [-0.15, -0.1) is 0 Å². The summed E-state index contributed by atoms with van der Waals surface area (Å²) in [6, 6.07) is 16.6. The van der Waals surface area contributed by atoms with Crippen LogP contribution in [0.15, 0.2) is 71.8 Å². The lowest BCUT2D eigenvalue weighted by Crippen LogP contribution is -2.13. The quantitative estimate of drug-likeness (QED) is 0.181. The van der Waals surface area contributed by atoms with Gasteiger partial charge in [0.05, 0.1) is 11.3 Å². The molecule has 1 unspecified atom stereocenters. The summed E-state index contributed by atoms with van der Waals surface area (Å²) in [6.07, 6.45) is 1.75. The van der Waals surface area contributed by atoms with Gasteiger partial charge in [0.25, 0.3) is 0 Å². The molecule has 4 N–H and O–H groups in total. The number of benzene rings is 3. The number of aromatic amines is 1. The van der Waals surface area contributed by atoms with E-state index in [0.29, 0.717) is 11.0 Å². The first-order chi connectivity index (χ1) is 17.4. The number of H-pyrrole nitrogens is 1. The number of hydrogen-bond acceptors (Lipinski definition) is 5. The van der Waals surface area contributed by atoms with Gasteiger partial charge in [0.2, 0.25) is 0 Å². The van der Waals surface area contributed by atoms with Gasteiger partial charge >= 0.3 is 0 Å². The Bertz CT molecular complexity index is 1650. The van der Waals surface area contributed by atoms with Crippen LogP contribution in [0.2, 0.25) is 0 Å². The van der Waals surface area contributed by atoms with Crippen LogP contribution in [0.5, 0.6) is 0 Å². The summed E-state index contributed by atoms with van der Waals surface area (Å²) >= 11 is 1.16. The van der Waals surface area contributed by atoms with E-state index in [1.54, 1.807) is 25.3 Å². The Labute approximate surface area is 212 Å². The molecule has 0 saturated carbocycles. The van der Waals surface area contributed by atoms with Crippen molar-refractivity contribution in [2.24, 2.45) is 5.14 Å². The van der Waals surface area contributed by atoms with Gasteiger partial charge in [-0.2, -0.15) is 0 Å². The van der Waals surface area contributed by atoms with Crippen LogP contribution in [0.25, 0.3) is 33.1 Å². The monoisotopic (exact) mass is 522 g/mol. The third-order valence-electron chi connectivity index (χ3n) is 5.84. The Morgan fingerprint density at radius 3 is 2.56 bits per heavy atom. The van der Waals surface area contributed by atoms with Crippen molar-refractivity contribution in [1.29, 1.82) is 0 Å². The number of ketones is 1. The topological polar surface area (TPSA) is 101 Å². The molecule has 36 heavy (non-hydrogen) atoms. The van der Waals surface area contributed by atoms with Crippen molar-refractivity contribution >= 4 is 56.3 Å². The fraction of sp³-hybridized carbons (Fsp3) is 0.0769. The summed E-state index contributed by atoms with van der Waals surface area (Å²) in [7, 11) is -1.55. The number of carbonyl (C=O) groups excluding carboxylic acids is 1. The fourth-order valence-electron chi connectivity index (χ4n) is 3.98. The maximum Gasteiger partial charge on any atom is 0.199 e. The summed E-state index contributed by atoms with van der Waals surface area (Å²) in [5, 5.41) is 7.07. The lowest BCUT2D eigenvalue weighted by Gasteiger charge is -2.10. The largest absolute Gasteiger partial charge is 0.339 e. The van der Waals surface area contributed by atoms with E-state index < -0.39 is 34.0 Å². The molecule has 0 spiro atoms. The number of aromatic nitrogens is 2. The van der Waals surface area contributed by atoms with Crippen LogP contribution < -0.4 is 9.86 Å². The van der Waals surface area contributed by atoms with Crippen LogP contribution in [0, 0.1) is 11.6 Å². The second-order valence-corrected chi connectivity index (χ2v) is 10.2. The number of fused-ring (bicyclic) bond motifs is 3. The molecule has 0 aliphatic rings. The van der Waals surface area contributed by atoms with Crippen LogP contribution >= 0.6 is 11.9 Å². The Kier molecular flexibility index (Phi) is 6.57. The maximum atomic E-state index is 15.1. The van der Waals surface area contributed by atoms with Crippen LogP contribution in [0.4, 0.5) is 14.5 Å². The van der Waals surface area contributed by atoms with E-state index in [1.807, 2.05) is 30.3 Å². The molecule has 10 heteroatoms. The van der Waals surface area contributed by atoms with Gasteiger partial charge in [0, 0.05) is 44.3 Å². The fourth-order valence-corrected chi connectivity index (χ4v) is 4.82. The molecule has 0 amide bonds. The molecule has 5 aromatic rings. The van der Waals surface area contributed by atoms with Crippen molar-refractivity contribution in [1.82, 2.24) is 9.97 Å². The zero-order valence-corrected chi connectivity index (χ0v) is 20.6. The number of halogens is 2. The molecule has 0 radical (unpaired) electrons. The Morgan fingerprint density at radius 2 is 1.83 bits per heavy atom. The molecular formula is C26H20F2N4O2S2. The zero-order chi connectivity index (χ0) is 25.4. The zero-order valence-electron chi connectivity index (χ0n) is 19.0. The first kappa shape index (κ1) is 24.1. The van der Waals surface area contributed by atoms with Crippen LogP contribution in [0.1, 0.15) is 22.8 Å². The van der Waals surface area contributed by atoms with E-state index >= 15 is 4.39 Å². The smallest absolute Gasteiger partial charge is 0.199 e. The third kappa shape index (κ3) is 4.39. The number of nitrogens with two attached hydrogens (primary N) is 1. The first-order valence-corrected chi connectivity index (χ1v) is 13.2. The van der Waals surface area contributed by atoms with Crippen molar-refractivity contribution in [2.45, 2.75) is 11.8 Å². The minimum atomic E-state index is -1.55. The number of pyridine rings is 1. The molecule has 0 saturated heterocycles. The standard InChI is InChI=1S/C26H20F2N4O2S2/c1-2-36(34)32-22-10-8-20(27)23(24(22)28)25(33)15-5-9-21-18(11-15)19-12-16(13-30-26(19)31-21)14-3-6-17(35-29)7-4-14/h3-13,32H,2,29H2,1H3,(H,30,31). The Balaban J connectivity index is 1.58. The normalized spacial score (nSPS) is 12.2. The van der Waals surface area contributed by atoms with Crippen molar-refractivity contribution in [3.05, 3.63) is 89.6 Å². The van der Waals surface area contributed by atoms with E-state index in [4.69, 9.17) is 5.14 Å². The third-order valence-corrected chi connectivity index (χ3v) is 7.36. The number of nitrogens with one attached hydrogen (secondary N) is 2. The summed E-state index contributed by atoms with van der Waals surface area (Å²) < 4.78 is 44.0. The van der Waals surface area contributed by atoms with Crippen molar-refractivity contribution < 1.29 is 17.8 Å². The molecule has 0 aliphatic heterocycles. The van der Waals surface area contributed by atoms with E-state index in [1.165, 1.54) is 6.07 Å². The lowest BCUT2D eigenvalue weighted by atomic mass is 9.99. The van der Waals surface area contributed by atoms with Crippen LogP contribution in [-0.2, 0) is 11.0 Å². The average Bonchev–Trinajstić information content (AvgIpc) is 3.27. The van der Waals surface area contributed by atoms with Crippen molar-refractivity contribution in [2.75, 3.05) is 10.5 Å². The lowest BCUT2D eigenvalue weighted by molar-refractivity contribution is 0.103. The van der Waals surface area contributed by atoms with E-state index in [2.05, 4.69) is 14.7 Å². The van der Waals surface area contributed by atoms with E-state index in [9.17, 15) is 13.4 Å². The number of anilines is 1. The first-order valence-electron chi connectivity index (χ1n) is 11.0. The molecule has 2 aromatic heterocycles. The van der Waals surface area contributed by atoms with Gasteiger partial charge in [0.1, 0.15) is 22.5 Å². The molecule has 6 nitrogen and oxygen atoms in total. The van der Waals surface area contributed by atoms with Crippen LogP contribution in [-0.4, -0.2) is 25.7 Å². The van der Waals surface area contributed by atoms with Crippen molar-refractivity contribution in [3.63, 3.8) is 0 Å². The highest BCUT2D eigenvalue weighted by molar-refractivity contribution is 7.97. The predicted octanol–water partition coefficient (Wildman–Crippen LogP) is 5.95. The van der Waals surface area contributed by atoms with Gasteiger partial charge in [0.15, 0.2) is 11.6 Å². The highest BCUT2D eigenvalue weighted by Crippen LogP contribution is 2.31. The Morgan fingerprint density at radius 1 is 1.06 bits per heavy atom. The highest BCUT2D eigenvalue weighted by atomic mass is 32.2. The number of carbonyl (C=O) groups is 1. The minimum absolute atomic E-state index is 0.115. The van der Waals surface area contributed by atoms with Crippen molar-refractivity contribution in [3.8, 4) is 11.1 Å². The molecule has 2 heterocycles. The van der Waals surface area contributed by atoms with Crippen LogP contribution in [0.3, 0.4) is 0 Å². The molecule has 5 rings (SSSR count). The van der Waals surface area contributed by atoms with Gasteiger partial charge in [-0.3, -0.25) is 9.93 Å². The minimum Gasteiger partial charge on any atom is -0.339 e. The molecule has 1 atom stereocenters. The summed E-state index contributed by atoms with van der Waals surface area (Å²) in [4.78, 5) is 21.9. The molecule has 3 aromatic carbocycles. The van der Waals surface area contributed by atoms with Gasteiger partial charge in [-0.1, -0.05) is 19.1 Å². The molecule has 0 bridgehead atoms. The number of rotatable bonds is 7. The molecule has 0 aliphatic carbocycles. The highest BCUT2D eigenvalue weighted by Gasteiger charge is 2.23. The molecular weight excluding hydrogens is 502 g/mol. The summed E-state index contributed by atoms with van der Waals surface area (Å²) in [5.74, 6) is -2.66. The summed E-state index contributed by atoms with van der Waals surface area (Å²) in [5.41, 5.74) is 2.39. The SMILES string of the molecule is CCS(=O)Nc1ccc(F)c(C(=O)c2ccc3[nH]c4ncc(-c5ccc(SN)cc5)cc4c3c2)c1F. The predicted molar refractivity (Wildman–Crippen MR) is 141 cm³/mol. The van der Waals surface area contributed by atoms with E-state index in [-0.39, 0.29) is 17.0 Å². The second-order valence-electron chi connectivity index (χ2n) is 8.00. The molecule has 182 valence electrons. The molecule has 0 fully saturated rings. The maximum absolute atomic E-state index is 15.1. The number of hydrogen-bond donors (Lipinski definition) is 3. The van der Waals surface area contributed by atoms with Gasteiger partial charge in [-0.25, -0.2) is 18.0 Å².